The lowest BCUT2D eigenvalue weighted by molar-refractivity contribution is 0.103. The van der Waals surface area contributed by atoms with E-state index in [0.717, 1.165) is 5.56 Å². The average Bonchev–Trinajstić information content (AvgIpc) is 2.81. The van der Waals surface area contributed by atoms with Crippen molar-refractivity contribution in [2.24, 2.45) is 0 Å². The minimum absolute atomic E-state index is 0.0979. The Morgan fingerprint density at radius 2 is 1.03 bits per heavy atom. The molecule has 0 aromatic heterocycles. The highest BCUT2D eigenvalue weighted by Crippen LogP contribution is 2.26. The van der Waals surface area contributed by atoms with Gasteiger partial charge < -0.3 is 19.7 Å². The van der Waals surface area contributed by atoms with Crippen LogP contribution in [0, 0.1) is 0 Å². The summed E-state index contributed by atoms with van der Waals surface area (Å²) in [5.41, 5.74) is 2.05. The topological polar surface area (TPSA) is 76.0 Å². The Hall–Kier alpha value is -4.25. The number of ketones is 1. The SMILES string of the molecule is CC(Oc1ccc(C(=O)c2ccc(Oc3ccc(O)cc3)cc2)cc1)c1ccc(O)cc1. The molecule has 0 radical (unpaired) electrons. The Kier molecular flexibility index (Phi) is 6.08. The van der Waals surface area contributed by atoms with Gasteiger partial charge in [-0.05, 0) is 97.4 Å². The van der Waals surface area contributed by atoms with E-state index in [1.807, 2.05) is 19.1 Å². The third-order valence-electron chi connectivity index (χ3n) is 4.98. The summed E-state index contributed by atoms with van der Waals surface area (Å²) in [5, 5.41) is 18.7. The number of benzene rings is 4. The molecule has 0 saturated carbocycles. The zero-order valence-corrected chi connectivity index (χ0v) is 17.4. The Morgan fingerprint density at radius 3 is 1.53 bits per heavy atom. The number of ether oxygens (including phenoxy) is 2. The molecule has 5 heteroatoms. The van der Waals surface area contributed by atoms with Crippen molar-refractivity contribution in [3.05, 3.63) is 114 Å². The molecule has 0 aliphatic carbocycles. The van der Waals surface area contributed by atoms with Gasteiger partial charge in [0.2, 0.25) is 0 Å². The van der Waals surface area contributed by atoms with Crippen molar-refractivity contribution < 1.29 is 24.5 Å². The molecule has 2 N–H and O–H groups in total. The summed E-state index contributed by atoms with van der Waals surface area (Å²) in [6.07, 6.45) is -0.196. The summed E-state index contributed by atoms with van der Waals surface area (Å²) in [7, 11) is 0. The molecule has 0 aliphatic heterocycles. The fourth-order valence-corrected chi connectivity index (χ4v) is 3.19. The second kappa shape index (κ2) is 9.27. The van der Waals surface area contributed by atoms with Crippen molar-refractivity contribution in [2.75, 3.05) is 0 Å². The third-order valence-corrected chi connectivity index (χ3v) is 4.98. The molecule has 0 heterocycles. The maximum absolute atomic E-state index is 12.8. The van der Waals surface area contributed by atoms with E-state index in [1.54, 1.807) is 84.9 Å². The van der Waals surface area contributed by atoms with Crippen LogP contribution in [-0.2, 0) is 0 Å². The van der Waals surface area contributed by atoms with Crippen molar-refractivity contribution in [2.45, 2.75) is 13.0 Å². The molecule has 4 rings (SSSR count). The zero-order valence-electron chi connectivity index (χ0n) is 17.4. The standard InChI is InChI=1S/C27H22O5/c1-18(19-2-8-22(28)9-3-19)31-24-12-4-20(5-13-24)27(30)21-6-14-25(15-7-21)32-26-16-10-23(29)11-17-26/h2-18,28-29H,1H3. The molecule has 4 aromatic rings. The summed E-state index contributed by atoms with van der Waals surface area (Å²) in [6.45, 7) is 1.92. The minimum atomic E-state index is -0.196. The van der Waals surface area contributed by atoms with Crippen LogP contribution in [-0.4, -0.2) is 16.0 Å². The number of phenols is 2. The lowest BCUT2D eigenvalue weighted by Crippen LogP contribution is -2.04. The van der Waals surface area contributed by atoms with Crippen LogP contribution in [0.25, 0.3) is 0 Å². The van der Waals surface area contributed by atoms with Crippen molar-refractivity contribution in [3.63, 3.8) is 0 Å². The first-order chi connectivity index (χ1) is 15.5. The smallest absolute Gasteiger partial charge is 0.193 e. The van der Waals surface area contributed by atoms with Crippen LogP contribution in [0.5, 0.6) is 28.7 Å². The van der Waals surface area contributed by atoms with E-state index in [4.69, 9.17) is 9.47 Å². The van der Waals surface area contributed by atoms with Gasteiger partial charge in [-0.1, -0.05) is 12.1 Å². The van der Waals surface area contributed by atoms with E-state index in [2.05, 4.69) is 0 Å². The van der Waals surface area contributed by atoms with Gasteiger partial charge in [-0.15, -0.1) is 0 Å². The first kappa shape index (κ1) is 21.0. The van der Waals surface area contributed by atoms with Gasteiger partial charge in [-0.3, -0.25) is 4.79 Å². The van der Waals surface area contributed by atoms with Crippen LogP contribution in [0.1, 0.15) is 34.5 Å². The monoisotopic (exact) mass is 426 g/mol. The molecule has 0 fully saturated rings. The first-order valence-corrected chi connectivity index (χ1v) is 10.2. The van der Waals surface area contributed by atoms with Crippen molar-refractivity contribution >= 4 is 5.78 Å². The average molecular weight is 426 g/mol. The predicted octanol–water partition coefficient (Wildman–Crippen LogP) is 6.26. The molecule has 4 aromatic carbocycles. The number of phenolic OH excluding ortho intramolecular Hbond substituents is 2. The normalized spacial score (nSPS) is 11.5. The molecule has 0 saturated heterocycles. The number of hydrogen-bond donors (Lipinski definition) is 2. The second-order valence-corrected chi connectivity index (χ2v) is 7.33. The molecule has 0 aliphatic rings. The number of carbonyl (C=O) groups is 1. The predicted molar refractivity (Wildman–Crippen MR) is 122 cm³/mol. The maximum Gasteiger partial charge on any atom is 0.193 e. The molecular weight excluding hydrogens is 404 g/mol. The van der Waals surface area contributed by atoms with E-state index < -0.39 is 0 Å². The fraction of sp³-hybridized carbons (Fsp3) is 0.0741. The first-order valence-electron chi connectivity index (χ1n) is 10.2. The minimum Gasteiger partial charge on any atom is -0.508 e. The second-order valence-electron chi connectivity index (χ2n) is 7.33. The van der Waals surface area contributed by atoms with Crippen LogP contribution >= 0.6 is 0 Å². The Morgan fingerprint density at radius 1 is 0.625 bits per heavy atom. The van der Waals surface area contributed by atoms with Gasteiger partial charge in [-0.2, -0.15) is 0 Å². The quantitative estimate of drug-likeness (QED) is 0.341. The molecule has 1 unspecified atom stereocenters. The molecule has 0 bridgehead atoms. The Labute approximate surface area is 186 Å². The van der Waals surface area contributed by atoms with Crippen molar-refractivity contribution in [3.8, 4) is 28.7 Å². The summed E-state index contributed by atoms with van der Waals surface area (Å²) < 4.78 is 11.7. The van der Waals surface area contributed by atoms with Gasteiger partial charge in [0.1, 0.15) is 34.9 Å². The molecule has 32 heavy (non-hydrogen) atoms. The van der Waals surface area contributed by atoms with Gasteiger partial charge in [0, 0.05) is 11.1 Å². The number of aromatic hydroxyl groups is 2. The highest BCUT2D eigenvalue weighted by molar-refractivity contribution is 6.09. The number of hydrogen-bond acceptors (Lipinski definition) is 5. The zero-order chi connectivity index (χ0) is 22.5. The van der Waals surface area contributed by atoms with Gasteiger partial charge in [0.15, 0.2) is 5.78 Å². The van der Waals surface area contributed by atoms with Crippen molar-refractivity contribution in [1.29, 1.82) is 0 Å². The van der Waals surface area contributed by atoms with Crippen LogP contribution < -0.4 is 9.47 Å². The molecule has 1 atom stereocenters. The molecule has 160 valence electrons. The Balaban J connectivity index is 1.39. The molecular formula is C27H22O5. The maximum atomic E-state index is 12.8. The van der Waals surface area contributed by atoms with Gasteiger partial charge in [0.25, 0.3) is 0 Å². The number of rotatable bonds is 7. The summed E-state index contributed by atoms with van der Waals surface area (Å²) in [5.74, 6) is 2.13. The molecule has 5 nitrogen and oxygen atoms in total. The van der Waals surface area contributed by atoms with Crippen LogP contribution in [0.3, 0.4) is 0 Å². The molecule has 0 spiro atoms. The van der Waals surface area contributed by atoms with E-state index in [-0.39, 0.29) is 23.4 Å². The van der Waals surface area contributed by atoms with E-state index in [9.17, 15) is 15.0 Å². The van der Waals surface area contributed by atoms with E-state index in [0.29, 0.717) is 28.4 Å². The van der Waals surface area contributed by atoms with Crippen LogP contribution in [0.15, 0.2) is 97.1 Å². The van der Waals surface area contributed by atoms with Crippen molar-refractivity contribution in [1.82, 2.24) is 0 Å². The highest BCUT2D eigenvalue weighted by atomic mass is 16.5. The highest BCUT2D eigenvalue weighted by Gasteiger charge is 2.11. The Bertz CT molecular complexity index is 1180. The summed E-state index contributed by atoms with van der Waals surface area (Å²) >= 11 is 0. The summed E-state index contributed by atoms with van der Waals surface area (Å²) in [4.78, 5) is 12.8. The van der Waals surface area contributed by atoms with Crippen LogP contribution in [0.4, 0.5) is 0 Å². The van der Waals surface area contributed by atoms with Crippen LogP contribution in [0.2, 0.25) is 0 Å². The summed E-state index contributed by atoms with van der Waals surface area (Å²) in [6, 6.07) is 27.2. The van der Waals surface area contributed by atoms with Gasteiger partial charge in [-0.25, -0.2) is 0 Å². The lowest BCUT2D eigenvalue weighted by Gasteiger charge is -2.15. The fourth-order valence-electron chi connectivity index (χ4n) is 3.19. The van der Waals surface area contributed by atoms with E-state index in [1.165, 1.54) is 0 Å². The lowest BCUT2D eigenvalue weighted by atomic mass is 10.0. The third kappa shape index (κ3) is 5.08. The molecule has 0 amide bonds. The van der Waals surface area contributed by atoms with E-state index >= 15 is 0 Å². The van der Waals surface area contributed by atoms with Gasteiger partial charge >= 0.3 is 0 Å². The van der Waals surface area contributed by atoms with Gasteiger partial charge in [0.05, 0.1) is 0 Å². The number of carbonyl (C=O) groups excluding carboxylic acids is 1. The largest absolute Gasteiger partial charge is 0.508 e.